The van der Waals surface area contributed by atoms with Crippen LogP contribution in [0.25, 0.3) is 11.4 Å². The van der Waals surface area contributed by atoms with Crippen molar-refractivity contribution in [1.29, 1.82) is 0 Å². The molecule has 1 aromatic heterocycles. The number of piperidine rings is 1. The van der Waals surface area contributed by atoms with Gasteiger partial charge in [0.2, 0.25) is 5.91 Å². The number of carbonyl (C=O) groups excluding carboxylic acids is 3. The van der Waals surface area contributed by atoms with Gasteiger partial charge in [0.15, 0.2) is 5.82 Å². The van der Waals surface area contributed by atoms with E-state index in [9.17, 15) is 24.3 Å². The summed E-state index contributed by atoms with van der Waals surface area (Å²) < 4.78 is 5.34. The summed E-state index contributed by atoms with van der Waals surface area (Å²) >= 11 is 0. The molecular weight excluding hydrogens is 600 g/mol. The maximum Gasteiger partial charge on any atom is 0.409 e. The van der Waals surface area contributed by atoms with Gasteiger partial charge in [-0.2, -0.15) is 0 Å². The van der Waals surface area contributed by atoms with Crippen LogP contribution in [0.2, 0.25) is 0 Å². The standard InChI is InChI=1S/C35H40N6O6/c1-2-3-18-47-35(46)40-16-14-39(15-17-40)33(43)28(19-23-10-6-4-7-11-23)37-32(42)27-20-29(38-31(36-27)24-12-8-5-9-13-24)41-21-25-26(22-41)30(25)34(44)45/h4-13,20,25-26,28,30H,2-3,14-19,21-22H2,1H3,(H,37,42)(H,44,45)/t25?,26?,28-,30?/m0/s1. The third-order valence-corrected chi connectivity index (χ3v) is 9.24. The van der Waals surface area contributed by atoms with Crippen molar-refractivity contribution in [3.05, 3.63) is 78.0 Å². The van der Waals surface area contributed by atoms with Gasteiger partial charge in [-0.1, -0.05) is 74.0 Å². The SMILES string of the molecule is CCCCOC(=O)N1CCN(C(=O)[C@H](Cc2ccccc2)NC(=O)c2cc(N3CC4C(C3)C4C(=O)O)nc(-c3ccccc3)n2)CC1. The first-order valence-corrected chi connectivity index (χ1v) is 16.3. The van der Waals surface area contributed by atoms with Crippen LogP contribution in [0, 0.1) is 17.8 Å². The first-order chi connectivity index (χ1) is 22.8. The number of ether oxygens (including phenoxy) is 1. The molecule has 2 N–H and O–H groups in total. The Morgan fingerprint density at radius 2 is 1.55 bits per heavy atom. The molecule has 2 aliphatic heterocycles. The number of rotatable bonds is 11. The van der Waals surface area contributed by atoms with E-state index >= 15 is 0 Å². The van der Waals surface area contributed by atoms with E-state index in [-0.39, 0.29) is 41.9 Å². The number of nitrogens with zero attached hydrogens (tertiary/aromatic N) is 5. The predicted octanol–water partition coefficient (Wildman–Crippen LogP) is 3.33. The normalized spacial score (nSPS) is 20.7. The van der Waals surface area contributed by atoms with E-state index in [1.54, 1.807) is 15.9 Å². The van der Waals surface area contributed by atoms with E-state index in [1.165, 1.54) is 0 Å². The monoisotopic (exact) mass is 640 g/mol. The number of anilines is 1. The van der Waals surface area contributed by atoms with Crippen molar-refractivity contribution in [1.82, 2.24) is 25.1 Å². The van der Waals surface area contributed by atoms with Gasteiger partial charge in [0.05, 0.1) is 12.5 Å². The second kappa shape index (κ2) is 14.2. The molecule has 1 saturated carbocycles. The van der Waals surface area contributed by atoms with Crippen molar-refractivity contribution in [2.45, 2.75) is 32.2 Å². The maximum atomic E-state index is 13.9. The van der Waals surface area contributed by atoms with Crippen LogP contribution in [-0.4, -0.2) is 101 Å². The Bertz CT molecular complexity index is 1580. The van der Waals surface area contributed by atoms with Crippen LogP contribution in [0.3, 0.4) is 0 Å². The van der Waals surface area contributed by atoms with Crippen molar-refractivity contribution in [2.24, 2.45) is 17.8 Å². The molecule has 2 unspecified atom stereocenters. The first-order valence-electron chi connectivity index (χ1n) is 16.3. The number of benzene rings is 2. The number of aliphatic carboxylic acids is 1. The summed E-state index contributed by atoms with van der Waals surface area (Å²) in [4.78, 5) is 66.5. The van der Waals surface area contributed by atoms with Crippen LogP contribution in [0.1, 0.15) is 35.8 Å². The Kier molecular flexibility index (Phi) is 9.65. The topological polar surface area (TPSA) is 145 Å². The van der Waals surface area contributed by atoms with Crippen LogP contribution in [-0.2, 0) is 20.7 Å². The van der Waals surface area contributed by atoms with E-state index in [2.05, 4.69) is 10.3 Å². The zero-order valence-corrected chi connectivity index (χ0v) is 26.5. The van der Waals surface area contributed by atoms with E-state index in [4.69, 9.17) is 9.72 Å². The van der Waals surface area contributed by atoms with Gasteiger partial charge in [-0.15, -0.1) is 0 Å². The number of hydrogen-bond acceptors (Lipinski definition) is 8. The fourth-order valence-electron chi connectivity index (χ4n) is 6.52. The summed E-state index contributed by atoms with van der Waals surface area (Å²) in [6.45, 7) is 4.83. The number of fused-ring (bicyclic) bond motifs is 1. The lowest BCUT2D eigenvalue weighted by Gasteiger charge is -2.36. The van der Waals surface area contributed by atoms with Crippen LogP contribution < -0.4 is 10.2 Å². The van der Waals surface area contributed by atoms with Gasteiger partial charge in [0, 0.05) is 57.3 Å². The maximum absolute atomic E-state index is 13.9. The number of unbranched alkanes of at least 4 members (excludes halogenated alkanes) is 1. The Morgan fingerprint density at radius 3 is 2.19 bits per heavy atom. The molecule has 3 heterocycles. The number of carboxylic acid groups (broad SMARTS) is 1. The lowest BCUT2D eigenvalue weighted by atomic mass is 10.0. The fourth-order valence-corrected chi connectivity index (χ4v) is 6.52. The third-order valence-electron chi connectivity index (χ3n) is 9.24. The summed E-state index contributed by atoms with van der Waals surface area (Å²) in [6, 6.07) is 19.6. The molecule has 3 atom stereocenters. The number of piperazine rings is 1. The Hall–Kier alpha value is -5.00. The van der Waals surface area contributed by atoms with E-state index in [1.807, 2.05) is 72.5 Å². The minimum atomic E-state index is -0.873. The van der Waals surface area contributed by atoms with Crippen molar-refractivity contribution < 1.29 is 29.0 Å². The van der Waals surface area contributed by atoms with Crippen molar-refractivity contribution in [3.8, 4) is 11.4 Å². The van der Waals surface area contributed by atoms with Crippen molar-refractivity contribution in [3.63, 3.8) is 0 Å². The van der Waals surface area contributed by atoms with Crippen LogP contribution in [0.15, 0.2) is 66.7 Å². The number of hydrogen-bond donors (Lipinski definition) is 2. The van der Waals surface area contributed by atoms with Gasteiger partial charge >= 0.3 is 12.1 Å². The predicted molar refractivity (Wildman–Crippen MR) is 174 cm³/mol. The summed E-state index contributed by atoms with van der Waals surface area (Å²) in [6.07, 6.45) is 1.64. The second-order valence-electron chi connectivity index (χ2n) is 12.4. The molecule has 2 saturated heterocycles. The first kappa shape index (κ1) is 32.0. The zero-order chi connectivity index (χ0) is 32.9. The van der Waals surface area contributed by atoms with Crippen molar-refractivity contribution in [2.75, 3.05) is 50.8 Å². The molecule has 0 radical (unpaired) electrons. The van der Waals surface area contributed by atoms with Gasteiger partial charge in [0.1, 0.15) is 17.6 Å². The third kappa shape index (κ3) is 7.37. The Labute approximate surface area is 273 Å². The highest BCUT2D eigenvalue weighted by Crippen LogP contribution is 2.52. The summed E-state index contributed by atoms with van der Waals surface area (Å²) in [5, 5.41) is 12.4. The van der Waals surface area contributed by atoms with Gasteiger partial charge in [0.25, 0.3) is 5.91 Å². The number of nitrogens with one attached hydrogen (secondary N) is 1. The summed E-state index contributed by atoms with van der Waals surface area (Å²) in [5.74, 6) is -0.802. The number of aromatic nitrogens is 2. The number of amides is 3. The molecule has 12 nitrogen and oxygen atoms in total. The molecular formula is C35H40N6O6. The van der Waals surface area contributed by atoms with Gasteiger partial charge in [-0.3, -0.25) is 14.4 Å². The minimum absolute atomic E-state index is 0.0615. The smallest absolute Gasteiger partial charge is 0.409 e. The molecule has 0 bridgehead atoms. The van der Waals surface area contributed by atoms with E-state index in [0.29, 0.717) is 57.5 Å². The second-order valence-corrected chi connectivity index (χ2v) is 12.4. The van der Waals surface area contributed by atoms with Gasteiger partial charge in [-0.05, 0) is 23.8 Å². The summed E-state index contributed by atoms with van der Waals surface area (Å²) in [5.41, 5.74) is 1.75. The average molecular weight is 641 g/mol. The highest BCUT2D eigenvalue weighted by molar-refractivity contribution is 5.97. The Morgan fingerprint density at radius 1 is 0.915 bits per heavy atom. The molecule has 246 valence electrons. The molecule has 0 spiro atoms. The molecule has 2 aromatic carbocycles. The highest BCUT2D eigenvalue weighted by atomic mass is 16.6. The number of carboxylic acids is 1. The molecule has 12 heteroatoms. The van der Waals surface area contributed by atoms with E-state index in [0.717, 1.165) is 24.0 Å². The Balaban J connectivity index is 1.20. The number of carbonyl (C=O) groups is 4. The molecule has 6 rings (SSSR count). The molecule has 1 aliphatic carbocycles. The van der Waals surface area contributed by atoms with Crippen molar-refractivity contribution >= 4 is 29.7 Å². The van der Waals surface area contributed by atoms with Crippen LogP contribution in [0.4, 0.5) is 10.6 Å². The summed E-state index contributed by atoms with van der Waals surface area (Å²) in [7, 11) is 0. The van der Waals surface area contributed by atoms with E-state index < -0.39 is 17.9 Å². The molecule has 47 heavy (non-hydrogen) atoms. The molecule has 3 amide bonds. The van der Waals surface area contributed by atoms with Gasteiger partial charge in [-0.25, -0.2) is 14.8 Å². The average Bonchev–Trinajstić information content (AvgIpc) is 3.62. The molecule has 3 aliphatic rings. The molecule has 3 aromatic rings. The van der Waals surface area contributed by atoms with Crippen LogP contribution in [0.5, 0.6) is 0 Å². The minimum Gasteiger partial charge on any atom is -0.481 e. The molecule has 3 fully saturated rings. The zero-order valence-electron chi connectivity index (χ0n) is 26.5. The van der Waals surface area contributed by atoms with Gasteiger partial charge < -0.3 is 29.9 Å². The lowest BCUT2D eigenvalue weighted by molar-refractivity contribution is -0.139. The highest BCUT2D eigenvalue weighted by Gasteiger charge is 2.60. The quantitative estimate of drug-likeness (QED) is 0.302. The fraction of sp³-hybridized carbons (Fsp3) is 0.429. The van der Waals surface area contributed by atoms with Crippen LogP contribution >= 0.6 is 0 Å². The lowest BCUT2D eigenvalue weighted by Crippen LogP contribution is -2.56. The largest absolute Gasteiger partial charge is 0.481 e.